The molecule has 0 aromatic heterocycles. The van der Waals surface area contributed by atoms with Crippen molar-refractivity contribution in [1.29, 1.82) is 0 Å². The van der Waals surface area contributed by atoms with Crippen LogP contribution in [0.15, 0.2) is 18.2 Å². The Morgan fingerprint density at radius 2 is 1.65 bits per heavy atom. The van der Waals surface area contributed by atoms with Gasteiger partial charge in [0.15, 0.2) is 11.5 Å². The molecule has 7 heteroatoms. The highest BCUT2D eigenvalue weighted by Crippen LogP contribution is 2.35. The molecular formula is C10H13ClF3NO2. The van der Waals surface area contributed by atoms with Gasteiger partial charge in [-0.05, 0) is 17.7 Å². The van der Waals surface area contributed by atoms with Crippen molar-refractivity contribution in [3.63, 3.8) is 0 Å². The number of nitrogens with two attached hydrogens (primary N) is 1. The fraction of sp³-hybridized carbons (Fsp3) is 0.400. The molecule has 0 saturated heterocycles. The molecule has 1 aromatic carbocycles. The molecule has 0 unspecified atom stereocenters. The summed E-state index contributed by atoms with van der Waals surface area (Å²) in [6.45, 7) is 0. The summed E-state index contributed by atoms with van der Waals surface area (Å²) in [6.07, 6.45) is -4.47. The van der Waals surface area contributed by atoms with Crippen LogP contribution in [-0.4, -0.2) is 20.4 Å². The first kappa shape index (κ1) is 15.9. The van der Waals surface area contributed by atoms with Gasteiger partial charge in [-0.1, -0.05) is 6.07 Å². The Kier molecular flexibility index (Phi) is 5.57. The van der Waals surface area contributed by atoms with Gasteiger partial charge in [-0.25, -0.2) is 0 Å². The van der Waals surface area contributed by atoms with E-state index >= 15 is 0 Å². The lowest BCUT2D eigenvalue weighted by Gasteiger charge is -2.17. The number of hydrogen-bond donors (Lipinski definition) is 1. The molecule has 0 aliphatic heterocycles. The molecule has 0 radical (unpaired) electrons. The standard InChI is InChI=1S/C10H12F3NO2.ClH/c1-15-7-4-3-6(5-8(7)16-2)9(14)10(11,12)13;/h3-5,9H,14H2,1-2H3;1H/t9-;/m1./s1. The average molecular weight is 272 g/mol. The van der Waals surface area contributed by atoms with Crippen LogP contribution in [0, 0.1) is 0 Å². The summed E-state index contributed by atoms with van der Waals surface area (Å²) in [7, 11) is 2.75. The Labute approximate surface area is 103 Å². The van der Waals surface area contributed by atoms with Crippen LogP contribution in [0.4, 0.5) is 13.2 Å². The van der Waals surface area contributed by atoms with Gasteiger partial charge in [0.25, 0.3) is 0 Å². The van der Waals surface area contributed by atoms with Gasteiger partial charge in [-0.15, -0.1) is 12.4 Å². The van der Waals surface area contributed by atoms with Gasteiger partial charge in [0.1, 0.15) is 6.04 Å². The average Bonchev–Trinajstić information content (AvgIpc) is 2.25. The molecule has 1 rings (SSSR count). The number of rotatable bonds is 3. The molecule has 0 spiro atoms. The van der Waals surface area contributed by atoms with Gasteiger partial charge in [0.05, 0.1) is 14.2 Å². The van der Waals surface area contributed by atoms with Crippen molar-refractivity contribution in [1.82, 2.24) is 0 Å². The second-order valence-corrected chi connectivity index (χ2v) is 3.13. The zero-order valence-electron chi connectivity index (χ0n) is 9.25. The van der Waals surface area contributed by atoms with Crippen LogP contribution in [0.2, 0.25) is 0 Å². The second-order valence-electron chi connectivity index (χ2n) is 3.13. The molecule has 98 valence electrons. The fourth-order valence-electron chi connectivity index (χ4n) is 1.24. The van der Waals surface area contributed by atoms with Crippen LogP contribution >= 0.6 is 12.4 Å². The highest BCUT2D eigenvalue weighted by atomic mass is 35.5. The predicted molar refractivity (Wildman–Crippen MR) is 59.8 cm³/mol. The number of alkyl halides is 3. The third-order valence-electron chi connectivity index (χ3n) is 2.12. The molecule has 1 atom stereocenters. The first-order valence-electron chi connectivity index (χ1n) is 4.44. The Balaban J connectivity index is 0.00000256. The number of benzene rings is 1. The van der Waals surface area contributed by atoms with Crippen molar-refractivity contribution in [2.24, 2.45) is 5.73 Å². The number of ether oxygens (including phenoxy) is 2. The minimum Gasteiger partial charge on any atom is -0.493 e. The van der Waals surface area contributed by atoms with Gasteiger partial charge in [0.2, 0.25) is 0 Å². The summed E-state index contributed by atoms with van der Waals surface area (Å²) >= 11 is 0. The summed E-state index contributed by atoms with van der Waals surface area (Å²) < 4.78 is 46.9. The van der Waals surface area contributed by atoms with E-state index in [0.717, 1.165) is 0 Å². The van der Waals surface area contributed by atoms with E-state index in [4.69, 9.17) is 15.2 Å². The number of hydrogen-bond acceptors (Lipinski definition) is 3. The van der Waals surface area contributed by atoms with E-state index in [-0.39, 0.29) is 23.7 Å². The third-order valence-corrected chi connectivity index (χ3v) is 2.12. The summed E-state index contributed by atoms with van der Waals surface area (Å²) in [6, 6.07) is 1.85. The van der Waals surface area contributed by atoms with Gasteiger partial charge >= 0.3 is 6.18 Å². The van der Waals surface area contributed by atoms with Crippen LogP contribution in [0.1, 0.15) is 11.6 Å². The largest absolute Gasteiger partial charge is 0.493 e. The first-order valence-corrected chi connectivity index (χ1v) is 4.44. The molecule has 0 bridgehead atoms. The van der Waals surface area contributed by atoms with Crippen LogP contribution in [0.3, 0.4) is 0 Å². The van der Waals surface area contributed by atoms with Crippen LogP contribution in [0.25, 0.3) is 0 Å². The van der Waals surface area contributed by atoms with Gasteiger partial charge in [-0.3, -0.25) is 0 Å². The Morgan fingerprint density at radius 1 is 1.12 bits per heavy atom. The Bertz CT molecular complexity index is 371. The molecular weight excluding hydrogens is 259 g/mol. The fourth-order valence-corrected chi connectivity index (χ4v) is 1.24. The maximum atomic E-state index is 12.4. The van der Waals surface area contributed by atoms with E-state index in [9.17, 15) is 13.2 Å². The molecule has 0 heterocycles. The van der Waals surface area contributed by atoms with Crippen molar-refractivity contribution in [3.05, 3.63) is 23.8 Å². The minimum atomic E-state index is -4.47. The maximum absolute atomic E-state index is 12.4. The molecule has 0 aliphatic carbocycles. The molecule has 3 nitrogen and oxygen atoms in total. The minimum absolute atomic E-state index is 0. The Hall–Kier alpha value is -1.14. The van der Waals surface area contributed by atoms with Crippen molar-refractivity contribution in [2.45, 2.75) is 12.2 Å². The Morgan fingerprint density at radius 3 is 2.06 bits per heavy atom. The molecule has 2 N–H and O–H groups in total. The monoisotopic (exact) mass is 271 g/mol. The van der Waals surface area contributed by atoms with E-state index in [1.165, 1.54) is 32.4 Å². The topological polar surface area (TPSA) is 44.5 Å². The van der Waals surface area contributed by atoms with E-state index in [1.54, 1.807) is 0 Å². The van der Waals surface area contributed by atoms with Crippen molar-refractivity contribution in [3.8, 4) is 11.5 Å². The van der Waals surface area contributed by atoms with E-state index in [1.807, 2.05) is 0 Å². The van der Waals surface area contributed by atoms with E-state index in [0.29, 0.717) is 5.75 Å². The van der Waals surface area contributed by atoms with Crippen molar-refractivity contribution in [2.75, 3.05) is 14.2 Å². The SMILES string of the molecule is COc1ccc([C@@H](N)C(F)(F)F)cc1OC.Cl. The lowest BCUT2D eigenvalue weighted by atomic mass is 10.1. The van der Waals surface area contributed by atoms with Crippen LogP contribution < -0.4 is 15.2 Å². The predicted octanol–water partition coefficient (Wildman–Crippen LogP) is 2.69. The molecule has 17 heavy (non-hydrogen) atoms. The van der Waals surface area contributed by atoms with E-state index < -0.39 is 12.2 Å². The van der Waals surface area contributed by atoms with Gasteiger partial charge in [0, 0.05) is 0 Å². The van der Waals surface area contributed by atoms with E-state index in [2.05, 4.69) is 0 Å². The van der Waals surface area contributed by atoms with Crippen LogP contribution in [0.5, 0.6) is 11.5 Å². The van der Waals surface area contributed by atoms with Crippen LogP contribution in [-0.2, 0) is 0 Å². The number of methoxy groups -OCH3 is 2. The van der Waals surface area contributed by atoms with Crippen molar-refractivity contribution < 1.29 is 22.6 Å². The lowest BCUT2D eigenvalue weighted by molar-refractivity contribution is -0.149. The summed E-state index contributed by atoms with van der Waals surface area (Å²) in [5, 5.41) is 0. The summed E-state index contributed by atoms with van der Waals surface area (Å²) in [5.41, 5.74) is 5.00. The van der Waals surface area contributed by atoms with Gasteiger partial charge < -0.3 is 15.2 Å². The smallest absolute Gasteiger partial charge is 0.407 e. The third kappa shape index (κ3) is 3.67. The normalized spacial score (nSPS) is 12.6. The van der Waals surface area contributed by atoms with Gasteiger partial charge in [-0.2, -0.15) is 13.2 Å². The quantitative estimate of drug-likeness (QED) is 0.919. The molecule has 0 fully saturated rings. The van der Waals surface area contributed by atoms with Crippen molar-refractivity contribution >= 4 is 12.4 Å². The highest BCUT2D eigenvalue weighted by molar-refractivity contribution is 5.85. The maximum Gasteiger partial charge on any atom is 0.407 e. The zero-order valence-corrected chi connectivity index (χ0v) is 10.1. The lowest BCUT2D eigenvalue weighted by Crippen LogP contribution is -2.28. The molecule has 0 amide bonds. The highest BCUT2D eigenvalue weighted by Gasteiger charge is 2.38. The first-order chi connectivity index (χ1) is 7.40. The second kappa shape index (κ2) is 5.97. The number of halogens is 4. The summed E-state index contributed by atoms with van der Waals surface area (Å²) in [4.78, 5) is 0. The molecule has 0 aliphatic rings. The zero-order chi connectivity index (χ0) is 12.3. The molecule has 1 aromatic rings. The summed E-state index contributed by atoms with van der Waals surface area (Å²) in [5.74, 6) is 0.584. The molecule has 0 saturated carbocycles.